The third kappa shape index (κ3) is 7.73. The van der Waals surface area contributed by atoms with Gasteiger partial charge in [-0.15, -0.1) is 0 Å². The molecule has 0 aromatic heterocycles. The van der Waals surface area contributed by atoms with Crippen LogP contribution in [0.2, 0.25) is 10.0 Å². The smallest absolute Gasteiger partial charge is 0.261 e. The topological polar surface area (TPSA) is 58.6 Å². The summed E-state index contributed by atoms with van der Waals surface area (Å²) in [7, 11) is 0. The summed E-state index contributed by atoms with van der Waals surface area (Å²) in [6.07, 6.45) is 4.55. The summed E-state index contributed by atoms with van der Waals surface area (Å²) >= 11 is 12.2. The molecule has 0 heterocycles. The molecule has 7 heteroatoms. The number of carbonyl (C=O) groups is 2. The van der Waals surface area contributed by atoms with Crippen LogP contribution in [0.4, 0.5) is 0 Å². The predicted octanol–water partition coefficient (Wildman–Crippen LogP) is 6.38. The summed E-state index contributed by atoms with van der Waals surface area (Å²) < 4.78 is 5.85. The number of halogens is 2. The highest BCUT2D eigenvalue weighted by Crippen LogP contribution is 2.23. The van der Waals surface area contributed by atoms with Gasteiger partial charge in [0.1, 0.15) is 11.8 Å². The molecule has 1 saturated carbocycles. The molecule has 1 aliphatic carbocycles. The molecule has 194 valence electrons. The molecule has 1 fully saturated rings. The molecule has 0 spiro atoms. The van der Waals surface area contributed by atoms with Crippen LogP contribution in [-0.2, 0) is 22.6 Å². The van der Waals surface area contributed by atoms with Crippen LogP contribution in [-0.4, -0.2) is 35.4 Å². The highest BCUT2D eigenvalue weighted by atomic mass is 35.5. The van der Waals surface area contributed by atoms with Crippen molar-refractivity contribution in [2.45, 2.75) is 57.7 Å². The Labute approximate surface area is 228 Å². The van der Waals surface area contributed by atoms with Crippen LogP contribution in [0.15, 0.2) is 72.8 Å². The maximum Gasteiger partial charge on any atom is 0.261 e. The third-order valence-corrected chi connectivity index (χ3v) is 7.41. The highest BCUT2D eigenvalue weighted by Gasteiger charge is 2.32. The molecule has 5 nitrogen and oxygen atoms in total. The number of aryl methyl sites for hydroxylation is 1. The van der Waals surface area contributed by atoms with E-state index in [-0.39, 0.29) is 31.0 Å². The quantitative estimate of drug-likeness (QED) is 0.325. The van der Waals surface area contributed by atoms with Crippen LogP contribution >= 0.6 is 23.2 Å². The summed E-state index contributed by atoms with van der Waals surface area (Å²) in [5.41, 5.74) is 2.73. The van der Waals surface area contributed by atoms with Gasteiger partial charge in [0.05, 0.1) is 0 Å². The molecule has 0 saturated heterocycles. The van der Waals surface area contributed by atoms with Gasteiger partial charge in [-0.1, -0.05) is 78.5 Å². The van der Waals surface area contributed by atoms with Gasteiger partial charge in [-0.25, -0.2) is 0 Å². The first kappa shape index (κ1) is 27.0. The van der Waals surface area contributed by atoms with Gasteiger partial charge in [0.15, 0.2) is 6.61 Å². The fourth-order valence-corrected chi connectivity index (χ4v) is 4.89. The van der Waals surface area contributed by atoms with Crippen molar-refractivity contribution in [1.29, 1.82) is 0 Å². The minimum Gasteiger partial charge on any atom is -0.484 e. The van der Waals surface area contributed by atoms with Gasteiger partial charge in [0.2, 0.25) is 5.91 Å². The normalized spacial score (nSPS) is 14.2. The van der Waals surface area contributed by atoms with Gasteiger partial charge in [0.25, 0.3) is 5.91 Å². The van der Waals surface area contributed by atoms with Crippen LogP contribution in [0, 0.1) is 6.92 Å². The Bertz CT molecular complexity index is 1200. The maximum absolute atomic E-state index is 13.7. The summed E-state index contributed by atoms with van der Waals surface area (Å²) in [6.45, 7) is 1.94. The molecule has 0 aliphatic heterocycles. The van der Waals surface area contributed by atoms with E-state index >= 15 is 0 Å². The first-order valence-electron chi connectivity index (χ1n) is 12.7. The molecule has 37 heavy (non-hydrogen) atoms. The average Bonchev–Trinajstić information content (AvgIpc) is 3.41. The molecule has 0 bridgehead atoms. The zero-order chi connectivity index (χ0) is 26.2. The molecule has 2 amide bonds. The van der Waals surface area contributed by atoms with Crippen LogP contribution in [0.5, 0.6) is 5.75 Å². The molecule has 1 N–H and O–H groups in total. The van der Waals surface area contributed by atoms with Crippen LogP contribution < -0.4 is 10.1 Å². The number of benzene rings is 3. The zero-order valence-corrected chi connectivity index (χ0v) is 22.5. The Morgan fingerprint density at radius 1 is 0.973 bits per heavy atom. The van der Waals surface area contributed by atoms with Crippen molar-refractivity contribution in [2.24, 2.45) is 0 Å². The van der Waals surface area contributed by atoms with Crippen molar-refractivity contribution >= 4 is 35.0 Å². The summed E-state index contributed by atoms with van der Waals surface area (Å²) in [5, 5.41) is 4.46. The van der Waals surface area contributed by atoms with Crippen molar-refractivity contribution < 1.29 is 14.3 Å². The maximum atomic E-state index is 13.7. The lowest BCUT2D eigenvalue weighted by Gasteiger charge is -2.32. The fourth-order valence-electron chi connectivity index (χ4n) is 4.64. The number of amides is 2. The molecule has 4 rings (SSSR count). The Kier molecular flexibility index (Phi) is 9.48. The van der Waals surface area contributed by atoms with Crippen molar-refractivity contribution in [1.82, 2.24) is 10.2 Å². The highest BCUT2D eigenvalue weighted by molar-refractivity contribution is 6.31. The van der Waals surface area contributed by atoms with Gasteiger partial charge in [-0.05, 0) is 66.8 Å². The third-order valence-electron chi connectivity index (χ3n) is 6.73. The van der Waals surface area contributed by atoms with Crippen LogP contribution in [0.25, 0.3) is 0 Å². The summed E-state index contributed by atoms with van der Waals surface area (Å²) in [5.74, 6) is 0.141. The molecular formula is C30H32Cl2N2O3. The van der Waals surface area contributed by atoms with Gasteiger partial charge < -0.3 is 15.0 Å². The molecule has 1 atom stereocenters. The lowest BCUT2D eigenvalue weighted by Crippen LogP contribution is -2.53. The second kappa shape index (κ2) is 13.0. The second-order valence-corrected chi connectivity index (χ2v) is 10.4. The Hall–Kier alpha value is -3.02. The summed E-state index contributed by atoms with van der Waals surface area (Å²) in [6, 6.07) is 21.8. The number of ether oxygens (including phenoxy) is 1. The monoisotopic (exact) mass is 538 g/mol. The number of hydrogen-bond donors (Lipinski definition) is 1. The predicted molar refractivity (Wildman–Crippen MR) is 148 cm³/mol. The van der Waals surface area contributed by atoms with E-state index in [0.29, 0.717) is 22.2 Å². The minimum atomic E-state index is -0.693. The van der Waals surface area contributed by atoms with Crippen molar-refractivity contribution in [3.8, 4) is 5.75 Å². The number of nitrogens with zero attached hydrogens (tertiary/aromatic N) is 1. The number of rotatable bonds is 10. The Morgan fingerprint density at radius 2 is 1.68 bits per heavy atom. The van der Waals surface area contributed by atoms with Gasteiger partial charge >= 0.3 is 0 Å². The SMILES string of the molecule is Cc1cc(OCC(=O)N(Cc2ccc(Cl)cc2)[C@H](Cc2ccccc2)C(=O)NC2CCCC2)ccc1Cl. The van der Waals surface area contributed by atoms with E-state index in [2.05, 4.69) is 5.32 Å². The summed E-state index contributed by atoms with van der Waals surface area (Å²) in [4.78, 5) is 29.0. The Morgan fingerprint density at radius 3 is 2.35 bits per heavy atom. The molecule has 3 aromatic carbocycles. The number of hydrogen-bond acceptors (Lipinski definition) is 3. The van der Waals surface area contributed by atoms with E-state index in [9.17, 15) is 9.59 Å². The standard InChI is InChI=1S/C30H32Cl2N2O3/c1-21-17-26(15-16-27(21)32)37-20-29(35)34(19-23-11-13-24(31)14-12-23)28(18-22-7-3-2-4-8-22)30(36)33-25-9-5-6-10-25/h2-4,7-8,11-17,25,28H,5-6,9-10,18-20H2,1H3,(H,33,36)/t28-/m1/s1. The van der Waals surface area contributed by atoms with E-state index in [1.165, 1.54) is 0 Å². The van der Waals surface area contributed by atoms with Crippen LogP contribution in [0.3, 0.4) is 0 Å². The Balaban J connectivity index is 1.60. The van der Waals surface area contributed by atoms with Gasteiger partial charge in [-0.3, -0.25) is 9.59 Å². The van der Waals surface area contributed by atoms with E-state index in [0.717, 1.165) is 42.4 Å². The molecule has 0 radical (unpaired) electrons. The second-order valence-electron chi connectivity index (χ2n) is 9.54. The minimum absolute atomic E-state index is 0.139. The van der Waals surface area contributed by atoms with Crippen molar-refractivity contribution in [3.63, 3.8) is 0 Å². The lowest BCUT2D eigenvalue weighted by molar-refractivity contribution is -0.143. The average molecular weight is 540 g/mol. The molecule has 3 aromatic rings. The first-order valence-corrected chi connectivity index (χ1v) is 13.4. The van der Waals surface area contributed by atoms with Crippen molar-refractivity contribution in [2.75, 3.05) is 6.61 Å². The van der Waals surface area contributed by atoms with Crippen molar-refractivity contribution in [3.05, 3.63) is 99.5 Å². The lowest BCUT2D eigenvalue weighted by atomic mass is 10.0. The first-order chi connectivity index (χ1) is 17.9. The zero-order valence-electron chi connectivity index (χ0n) is 21.0. The van der Waals surface area contributed by atoms with E-state index in [1.807, 2.05) is 49.4 Å². The van der Waals surface area contributed by atoms with E-state index in [4.69, 9.17) is 27.9 Å². The van der Waals surface area contributed by atoms with Gasteiger partial charge in [-0.2, -0.15) is 0 Å². The molecule has 1 aliphatic rings. The fraction of sp³-hybridized carbons (Fsp3) is 0.333. The van der Waals surface area contributed by atoms with Gasteiger partial charge in [0, 0.05) is 29.1 Å². The van der Waals surface area contributed by atoms with E-state index < -0.39 is 6.04 Å². The van der Waals surface area contributed by atoms with E-state index in [1.54, 1.807) is 35.2 Å². The molecular weight excluding hydrogens is 507 g/mol. The molecule has 0 unspecified atom stereocenters. The number of carbonyl (C=O) groups excluding carboxylic acids is 2. The number of nitrogens with one attached hydrogen (secondary N) is 1. The largest absolute Gasteiger partial charge is 0.484 e. The van der Waals surface area contributed by atoms with Crippen LogP contribution in [0.1, 0.15) is 42.4 Å².